The Morgan fingerprint density at radius 3 is 2.61 bits per heavy atom. The third-order valence-electron chi connectivity index (χ3n) is 3.70. The van der Waals surface area contributed by atoms with E-state index in [1.165, 1.54) is 26.2 Å². The molecule has 2 rings (SSSR count). The van der Waals surface area contributed by atoms with Crippen LogP contribution in [0.15, 0.2) is 16.5 Å². The summed E-state index contributed by atoms with van der Waals surface area (Å²) in [5.41, 5.74) is 0. The van der Waals surface area contributed by atoms with E-state index in [9.17, 15) is 0 Å². The van der Waals surface area contributed by atoms with Crippen molar-refractivity contribution < 1.29 is 4.42 Å². The van der Waals surface area contributed by atoms with Crippen LogP contribution in [0, 0.1) is 6.92 Å². The standard InChI is InChI=1S/C14H25N3O/c1-12(17-8-6-16(3)7-9-17)10-15-11-14-5-4-13(2)18-14/h4-5,12,15H,6-11H2,1-3H3. The summed E-state index contributed by atoms with van der Waals surface area (Å²) in [4.78, 5) is 4.95. The lowest BCUT2D eigenvalue weighted by atomic mass is 10.2. The fourth-order valence-corrected chi connectivity index (χ4v) is 2.38. The monoisotopic (exact) mass is 251 g/mol. The van der Waals surface area contributed by atoms with Gasteiger partial charge in [-0.2, -0.15) is 0 Å². The molecule has 1 aromatic heterocycles. The molecule has 0 amide bonds. The molecule has 0 radical (unpaired) electrons. The maximum absolute atomic E-state index is 5.54. The van der Waals surface area contributed by atoms with Crippen LogP contribution in [-0.2, 0) is 6.54 Å². The van der Waals surface area contributed by atoms with E-state index in [0.29, 0.717) is 6.04 Å². The third kappa shape index (κ3) is 3.83. The van der Waals surface area contributed by atoms with Crippen LogP contribution >= 0.6 is 0 Å². The number of furan rings is 1. The van der Waals surface area contributed by atoms with E-state index in [1.807, 2.05) is 19.1 Å². The average Bonchev–Trinajstić information content (AvgIpc) is 2.76. The molecule has 1 unspecified atom stereocenters. The number of rotatable bonds is 5. The number of likely N-dealkylation sites (N-methyl/N-ethyl adjacent to an activating group) is 1. The molecular weight excluding hydrogens is 226 g/mol. The Balaban J connectivity index is 1.67. The highest BCUT2D eigenvalue weighted by molar-refractivity contribution is 5.05. The molecule has 0 bridgehead atoms. The molecule has 4 heteroatoms. The number of nitrogens with one attached hydrogen (secondary N) is 1. The van der Waals surface area contributed by atoms with Gasteiger partial charge >= 0.3 is 0 Å². The van der Waals surface area contributed by atoms with Gasteiger partial charge in [-0.3, -0.25) is 4.90 Å². The molecule has 1 aliphatic rings. The van der Waals surface area contributed by atoms with Crippen LogP contribution in [-0.4, -0.2) is 55.6 Å². The molecule has 0 aromatic carbocycles. The van der Waals surface area contributed by atoms with Crippen LogP contribution in [0.4, 0.5) is 0 Å². The van der Waals surface area contributed by atoms with E-state index >= 15 is 0 Å². The minimum Gasteiger partial charge on any atom is -0.465 e. The summed E-state index contributed by atoms with van der Waals surface area (Å²) in [6, 6.07) is 4.65. The van der Waals surface area contributed by atoms with Gasteiger partial charge in [-0.05, 0) is 33.0 Å². The fourth-order valence-electron chi connectivity index (χ4n) is 2.38. The van der Waals surface area contributed by atoms with Crippen LogP contribution in [0.2, 0.25) is 0 Å². The Morgan fingerprint density at radius 1 is 1.28 bits per heavy atom. The number of hydrogen-bond donors (Lipinski definition) is 1. The lowest BCUT2D eigenvalue weighted by molar-refractivity contribution is 0.117. The zero-order valence-corrected chi connectivity index (χ0v) is 11.8. The summed E-state index contributed by atoms with van der Waals surface area (Å²) < 4.78 is 5.54. The lowest BCUT2D eigenvalue weighted by Gasteiger charge is -2.36. The Hall–Kier alpha value is -0.840. The van der Waals surface area contributed by atoms with Crippen molar-refractivity contribution in [1.29, 1.82) is 0 Å². The van der Waals surface area contributed by atoms with Gasteiger partial charge < -0.3 is 14.6 Å². The maximum atomic E-state index is 5.54. The van der Waals surface area contributed by atoms with Crippen molar-refractivity contribution in [2.75, 3.05) is 39.8 Å². The van der Waals surface area contributed by atoms with Crippen molar-refractivity contribution in [3.63, 3.8) is 0 Å². The van der Waals surface area contributed by atoms with Crippen LogP contribution in [0.5, 0.6) is 0 Å². The summed E-state index contributed by atoms with van der Waals surface area (Å²) in [5.74, 6) is 2.01. The van der Waals surface area contributed by atoms with Crippen molar-refractivity contribution in [2.24, 2.45) is 0 Å². The minimum absolute atomic E-state index is 0.592. The molecule has 1 aliphatic heterocycles. The SMILES string of the molecule is Cc1ccc(CNCC(C)N2CCN(C)CC2)o1. The van der Waals surface area contributed by atoms with Crippen LogP contribution in [0.1, 0.15) is 18.4 Å². The Morgan fingerprint density at radius 2 is 2.00 bits per heavy atom. The Bertz CT molecular complexity index is 356. The van der Waals surface area contributed by atoms with Crippen molar-refractivity contribution >= 4 is 0 Å². The van der Waals surface area contributed by atoms with Gasteiger partial charge in [-0.25, -0.2) is 0 Å². The summed E-state index contributed by atoms with van der Waals surface area (Å²) in [7, 11) is 2.19. The van der Waals surface area contributed by atoms with E-state index in [4.69, 9.17) is 4.42 Å². The van der Waals surface area contributed by atoms with Crippen molar-refractivity contribution in [2.45, 2.75) is 26.4 Å². The van der Waals surface area contributed by atoms with Gasteiger partial charge in [0.1, 0.15) is 11.5 Å². The third-order valence-corrected chi connectivity index (χ3v) is 3.70. The van der Waals surface area contributed by atoms with E-state index in [2.05, 4.69) is 29.1 Å². The molecule has 4 nitrogen and oxygen atoms in total. The second-order valence-electron chi connectivity index (χ2n) is 5.33. The van der Waals surface area contributed by atoms with Crippen LogP contribution in [0.3, 0.4) is 0 Å². The molecule has 0 aliphatic carbocycles. The van der Waals surface area contributed by atoms with Gasteiger partial charge in [-0.1, -0.05) is 0 Å². The van der Waals surface area contributed by atoms with Gasteiger partial charge in [0.05, 0.1) is 6.54 Å². The molecular formula is C14H25N3O. The molecule has 0 spiro atoms. The van der Waals surface area contributed by atoms with Crippen molar-refractivity contribution in [3.8, 4) is 0 Å². The first-order valence-corrected chi connectivity index (χ1v) is 6.84. The Labute approximate surface area is 110 Å². The van der Waals surface area contributed by atoms with Gasteiger partial charge in [0, 0.05) is 38.8 Å². The topological polar surface area (TPSA) is 31.6 Å². The quantitative estimate of drug-likeness (QED) is 0.855. The maximum Gasteiger partial charge on any atom is 0.117 e. The van der Waals surface area contributed by atoms with E-state index in [1.54, 1.807) is 0 Å². The summed E-state index contributed by atoms with van der Waals surface area (Å²) in [6.07, 6.45) is 0. The zero-order chi connectivity index (χ0) is 13.0. The normalized spacial score (nSPS) is 20.2. The first-order chi connectivity index (χ1) is 8.65. The predicted molar refractivity (Wildman–Crippen MR) is 73.7 cm³/mol. The second-order valence-corrected chi connectivity index (χ2v) is 5.33. The summed E-state index contributed by atoms with van der Waals surface area (Å²) in [5, 5.41) is 3.47. The minimum atomic E-state index is 0.592. The van der Waals surface area contributed by atoms with E-state index in [0.717, 1.165) is 24.6 Å². The number of hydrogen-bond acceptors (Lipinski definition) is 4. The lowest BCUT2D eigenvalue weighted by Crippen LogP contribution is -2.50. The number of aryl methyl sites for hydroxylation is 1. The van der Waals surface area contributed by atoms with Gasteiger partial charge in [0.25, 0.3) is 0 Å². The smallest absolute Gasteiger partial charge is 0.117 e. The van der Waals surface area contributed by atoms with Crippen molar-refractivity contribution in [3.05, 3.63) is 23.7 Å². The highest BCUT2D eigenvalue weighted by Crippen LogP contribution is 2.07. The molecule has 18 heavy (non-hydrogen) atoms. The molecule has 1 aromatic rings. The summed E-state index contributed by atoms with van der Waals surface area (Å²) in [6.45, 7) is 10.8. The van der Waals surface area contributed by atoms with E-state index in [-0.39, 0.29) is 0 Å². The molecule has 1 saturated heterocycles. The van der Waals surface area contributed by atoms with Gasteiger partial charge in [0.2, 0.25) is 0 Å². The Kier molecular flexibility index (Phi) is 4.80. The van der Waals surface area contributed by atoms with E-state index < -0.39 is 0 Å². The molecule has 102 valence electrons. The predicted octanol–water partition coefficient (Wildman–Crippen LogP) is 1.31. The molecule has 0 saturated carbocycles. The average molecular weight is 251 g/mol. The van der Waals surface area contributed by atoms with Crippen molar-refractivity contribution in [1.82, 2.24) is 15.1 Å². The highest BCUT2D eigenvalue weighted by Gasteiger charge is 2.18. The van der Waals surface area contributed by atoms with Gasteiger partial charge in [0.15, 0.2) is 0 Å². The second kappa shape index (κ2) is 6.36. The largest absolute Gasteiger partial charge is 0.465 e. The van der Waals surface area contributed by atoms with Crippen LogP contribution < -0.4 is 5.32 Å². The summed E-state index contributed by atoms with van der Waals surface area (Å²) >= 11 is 0. The first-order valence-electron chi connectivity index (χ1n) is 6.84. The molecule has 1 atom stereocenters. The molecule has 1 fully saturated rings. The zero-order valence-electron chi connectivity index (χ0n) is 11.8. The molecule has 2 heterocycles. The van der Waals surface area contributed by atoms with Gasteiger partial charge in [-0.15, -0.1) is 0 Å². The number of nitrogens with zero attached hydrogens (tertiary/aromatic N) is 2. The first kappa shape index (κ1) is 13.6. The number of piperazine rings is 1. The molecule has 1 N–H and O–H groups in total. The fraction of sp³-hybridized carbons (Fsp3) is 0.714. The highest BCUT2D eigenvalue weighted by atomic mass is 16.3. The van der Waals surface area contributed by atoms with Crippen LogP contribution in [0.25, 0.3) is 0 Å².